The van der Waals surface area contributed by atoms with Gasteiger partial charge in [-0.15, -0.1) is 0 Å². The first-order valence-corrected chi connectivity index (χ1v) is 10.2. The lowest BCUT2D eigenvalue weighted by atomic mass is 10.1. The van der Waals surface area contributed by atoms with Crippen molar-refractivity contribution in [3.63, 3.8) is 0 Å². The molecule has 3 N–H and O–H groups in total. The maximum atomic E-state index is 12.7. The molecule has 0 fully saturated rings. The minimum absolute atomic E-state index is 0.160. The summed E-state index contributed by atoms with van der Waals surface area (Å²) in [6, 6.07) is 23.3. The first kappa shape index (κ1) is 19.6. The summed E-state index contributed by atoms with van der Waals surface area (Å²) in [5, 5.41) is 6.08. The van der Waals surface area contributed by atoms with E-state index in [4.69, 9.17) is 0 Å². The second-order valence-electron chi connectivity index (χ2n) is 6.07. The van der Waals surface area contributed by atoms with Gasteiger partial charge >= 0.3 is 0 Å². The van der Waals surface area contributed by atoms with Crippen LogP contribution in [0.15, 0.2) is 83.8 Å². The molecule has 6 nitrogen and oxygen atoms in total. The van der Waals surface area contributed by atoms with E-state index in [-0.39, 0.29) is 17.3 Å². The molecule has 0 aliphatic carbocycles. The normalized spacial score (nSPS) is 11.0. The molecule has 7 heteroatoms. The molecule has 0 saturated heterocycles. The molecule has 0 saturated carbocycles. The van der Waals surface area contributed by atoms with E-state index >= 15 is 0 Å². The molecule has 0 aliphatic heterocycles. The summed E-state index contributed by atoms with van der Waals surface area (Å²) in [6.45, 7) is 0.214. The minimum atomic E-state index is -3.53. The van der Waals surface area contributed by atoms with Crippen LogP contribution in [0.5, 0.6) is 0 Å². The van der Waals surface area contributed by atoms with Gasteiger partial charge in [0.05, 0.1) is 16.1 Å². The summed E-state index contributed by atoms with van der Waals surface area (Å²) in [6.07, 6.45) is 0. The van der Waals surface area contributed by atoms with Crippen LogP contribution in [0.2, 0.25) is 0 Å². The number of carbonyl (C=O) groups excluding carboxylic acids is 1. The Morgan fingerprint density at radius 2 is 1.61 bits per heavy atom. The van der Waals surface area contributed by atoms with Crippen LogP contribution in [0.1, 0.15) is 15.9 Å². The SMILES string of the molecule is CNS(=O)(=O)c1cccc(CNC(=O)c2ccccc2Nc2ccccc2)c1. The number of anilines is 2. The molecule has 0 unspecified atom stereocenters. The van der Waals surface area contributed by atoms with Gasteiger partial charge in [0, 0.05) is 12.2 Å². The molecule has 1 amide bonds. The highest BCUT2D eigenvalue weighted by atomic mass is 32.2. The fraction of sp³-hybridized carbons (Fsp3) is 0.0952. The van der Waals surface area contributed by atoms with E-state index in [2.05, 4.69) is 15.4 Å². The minimum Gasteiger partial charge on any atom is -0.355 e. The van der Waals surface area contributed by atoms with Crippen molar-refractivity contribution in [2.24, 2.45) is 0 Å². The van der Waals surface area contributed by atoms with Crippen molar-refractivity contribution in [3.8, 4) is 0 Å². The highest BCUT2D eigenvalue weighted by Gasteiger charge is 2.13. The molecule has 28 heavy (non-hydrogen) atoms. The number of carbonyl (C=O) groups is 1. The van der Waals surface area contributed by atoms with Gasteiger partial charge in [-0.05, 0) is 49.0 Å². The Kier molecular flexibility index (Phi) is 6.08. The summed E-state index contributed by atoms with van der Waals surface area (Å²) in [5.41, 5.74) is 2.77. The Morgan fingerprint density at radius 1 is 0.893 bits per heavy atom. The van der Waals surface area contributed by atoms with Crippen molar-refractivity contribution in [3.05, 3.63) is 90.0 Å². The molecule has 3 rings (SSSR count). The van der Waals surface area contributed by atoms with Crippen molar-refractivity contribution in [2.75, 3.05) is 12.4 Å². The number of sulfonamides is 1. The molecule has 3 aromatic rings. The van der Waals surface area contributed by atoms with Gasteiger partial charge in [0.1, 0.15) is 0 Å². The molecule has 144 valence electrons. The third-order valence-electron chi connectivity index (χ3n) is 4.16. The third kappa shape index (κ3) is 4.76. The van der Waals surface area contributed by atoms with Crippen molar-refractivity contribution in [1.82, 2.24) is 10.0 Å². The van der Waals surface area contributed by atoms with Crippen molar-refractivity contribution >= 4 is 27.3 Å². The summed E-state index contributed by atoms with van der Waals surface area (Å²) in [7, 11) is -2.16. The second kappa shape index (κ2) is 8.69. The molecular weight excluding hydrogens is 374 g/mol. The van der Waals surface area contributed by atoms with Gasteiger partial charge in [-0.3, -0.25) is 4.79 Å². The molecule has 0 spiro atoms. The predicted molar refractivity (Wildman–Crippen MR) is 110 cm³/mol. The molecule has 0 aromatic heterocycles. The molecule has 0 bridgehead atoms. The second-order valence-corrected chi connectivity index (χ2v) is 7.96. The van der Waals surface area contributed by atoms with Crippen LogP contribution in [0, 0.1) is 0 Å². The zero-order chi connectivity index (χ0) is 20.0. The van der Waals surface area contributed by atoms with Crippen LogP contribution in [0.4, 0.5) is 11.4 Å². The van der Waals surface area contributed by atoms with E-state index in [1.165, 1.54) is 13.1 Å². The molecule has 0 atom stereocenters. The van der Waals surface area contributed by atoms with Gasteiger partial charge in [0.25, 0.3) is 5.91 Å². The van der Waals surface area contributed by atoms with E-state index < -0.39 is 10.0 Å². The average molecular weight is 395 g/mol. The Labute approximate surface area is 164 Å². The standard InChI is InChI=1S/C21H21N3O3S/c1-22-28(26,27)18-11-7-8-16(14-18)15-23-21(25)19-12-5-6-13-20(19)24-17-9-3-2-4-10-17/h2-14,22,24H,15H2,1H3,(H,23,25). The Morgan fingerprint density at radius 3 is 2.36 bits per heavy atom. The van der Waals surface area contributed by atoms with Gasteiger partial charge in [-0.2, -0.15) is 0 Å². The van der Waals surface area contributed by atoms with Gasteiger partial charge < -0.3 is 10.6 Å². The van der Waals surface area contributed by atoms with Crippen molar-refractivity contribution < 1.29 is 13.2 Å². The molecule has 0 heterocycles. The average Bonchev–Trinajstić information content (AvgIpc) is 2.73. The van der Waals surface area contributed by atoms with E-state index in [0.717, 1.165) is 5.69 Å². The molecule has 3 aromatic carbocycles. The Bertz CT molecular complexity index is 1070. The highest BCUT2D eigenvalue weighted by Crippen LogP contribution is 2.21. The van der Waals surface area contributed by atoms with Crippen molar-refractivity contribution in [1.29, 1.82) is 0 Å². The van der Waals surface area contributed by atoms with Gasteiger partial charge in [-0.1, -0.05) is 42.5 Å². The fourth-order valence-corrected chi connectivity index (χ4v) is 3.49. The maximum absolute atomic E-state index is 12.7. The Hall–Kier alpha value is -3.16. The first-order valence-electron chi connectivity index (χ1n) is 8.71. The van der Waals surface area contributed by atoms with Crippen LogP contribution in [-0.2, 0) is 16.6 Å². The lowest BCUT2D eigenvalue weighted by Gasteiger charge is -2.13. The number of benzene rings is 3. The fourth-order valence-electron chi connectivity index (χ4n) is 2.69. The number of hydrogen-bond donors (Lipinski definition) is 3. The van der Waals surface area contributed by atoms with Gasteiger partial charge in [-0.25, -0.2) is 13.1 Å². The van der Waals surface area contributed by atoms with Crippen molar-refractivity contribution in [2.45, 2.75) is 11.4 Å². The van der Waals surface area contributed by atoms with Crippen LogP contribution in [0.25, 0.3) is 0 Å². The molecule has 0 radical (unpaired) electrons. The van der Waals surface area contributed by atoms with Gasteiger partial charge in [0.2, 0.25) is 10.0 Å². The summed E-state index contributed by atoms with van der Waals surface area (Å²) in [4.78, 5) is 12.8. The first-order chi connectivity index (χ1) is 13.5. The Balaban J connectivity index is 1.73. The molecule has 0 aliphatic rings. The summed E-state index contributed by atoms with van der Waals surface area (Å²) < 4.78 is 26.1. The molecular formula is C21H21N3O3S. The van der Waals surface area contributed by atoms with Gasteiger partial charge in [0.15, 0.2) is 0 Å². The van der Waals surface area contributed by atoms with E-state index in [0.29, 0.717) is 16.8 Å². The van der Waals surface area contributed by atoms with Crippen LogP contribution >= 0.6 is 0 Å². The largest absolute Gasteiger partial charge is 0.355 e. The lowest BCUT2D eigenvalue weighted by molar-refractivity contribution is 0.0951. The lowest BCUT2D eigenvalue weighted by Crippen LogP contribution is -2.24. The van der Waals surface area contributed by atoms with Crippen LogP contribution in [0.3, 0.4) is 0 Å². The quantitative estimate of drug-likeness (QED) is 0.573. The smallest absolute Gasteiger partial charge is 0.253 e. The highest BCUT2D eigenvalue weighted by molar-refractivity contribution is 7.89. The van der Waals surface area contributed by atoms with Crippen LogP contribution in [-0.4, -0.2) is 21.4 Å². The monoisotopic (exact) mass is 395 g/mol. The van der Waals surface area contributed by atoms with Crippen LogP contribution < -0.4 is 15.4 Å². The van der Waals surface area contributed by atoms with E-state index in [1.807, 2.05) is 42.5 Å². The zero-order valence-electron chi connectivity index (χ0n) is 15.3. The number of hydrogen-bond acceptors (Lipinski definition) is 4. The van der Waals surface area contributed by atoms with E-state index in [9.17, 15) is 13.2 Å². The number of rotatable bonds is 7. The third-order valence-corrected chi connectivity index (χ3v) is 5.57. The van der Waals surface area contributed by atoms with E-state index in [1.54, 1.807) is 30.3 Å². The number of nitrogens with one attached hydrogen (secondary N) is 3. The zero-order valence-corrected chi connectivity index (χ0v) is 16.2. The number of para-hydroxylation sites is 2. The maximum Gasteiger partial charge on any atom is 0.253 e. The summed E-state index contributed by atoms with van der Waals surface area (Å²) >= 11 is 0. The topological polar surface area (TPSA) is 87.3 Å². The summed E-state index contributed by atoms with van der Waals surface area (Å²) in [5.74, 6) is -0.249. The predicted octanol–water partition coefficient (Wildman–Crippen LogP) is 3.27. The number of amides is 1.